The molecule has 8 heteroatoms. The highest BCUT2D eigenvalue weighted by Crippen LogP contribution is 2.39. The normalized spacial score (nSPS) is 14.3. The zero-order valence-corrected chi connectivity index (χ0v) is 15.9. The Morgan fingerprint density at radius 1 is 1.13 bits per heavy atom. The van der Waals surface area contributed by atoms with Gasteiger partial charge in [-0.25, -0.2) is 19.2 Å². The lowest BCUT2D eigenvalue weighted by molar-refractivity contribution is 0.0695. The van der Waals surface area contributed by atoms with E-state index in [0.29, 0.717) is 16.7 Å². The maximum atomic E-state index is 15.1. The summed E-state index contributed by atoms with van der Waals surface area (Å²) in [4.78, 5) is 33.8. The SMILES string of the molecule is Cn1c2ccccc2c2nc3c(nc21)c(F)cc1c(=O)c(C(=O)O)cn(C2CC2)c13. The Bertz CT molecular complexity index is 1630. The number of pyridine rings is 1. The van der Waals surface area contributed by atoms with Gasteiger partial charge in [-0.3, -0.25) is 4.79 Å². The Kier molecular flexibility index (Phi) is 3.20. The van der Waals surface area contributed by atoms with Gasteiger partial charge in [-0.2, -0.15) is 0 Å². The zero-order valence-electron chi connectivity index (χ0n) is 15.9. The first-order valence-electron chi connectivity index (χ1n) is 9.61. The van der Waals surface area contributed by atoms with E-state index < -0.39 is 17.2 Å². The molecule has 7 nitrogen and oxygen atoms in total. The van der Waals surface area contributed by atoms with Crippen molar-refractivity contribution in [3.8, 4) is 0 Å². The summed E-state index contributed by atoms with van der Waals surface area (Å²) < 4.78 is 18.7. The van der Waals surface area contributed by atoms with Crippen LogP contribution in [-0.2, 0) is 7.05 Å². The van der Waals surface area contributed by atoms with Crippen molar-refractivity contribution in [1.82, 2.24) is 19.1 Å². The van der Waals surface area contributed by atoms with Gasteiger partial charge in [-0.15, -0.1) is 0 Å². The van der Waals surface area contributed by atoms with E-state index in [9.17, 15) is 14.7 Å². The fourth-order valence-corrected chi connectivity index (χ4v) is 4.28. The lowest BCUT2D eigenvalue weighted by atomic mass is 10.1. The van der Waals surface area contributed by atoms with E-state index in [1.807, 2.05) is 35.9 Å². The fourth-order valence-electron chi connectivity index (χ4n) is 4.28. The van der Waals surface area contributed by atoms with Crippen molar-refractivity contribution >= 4 is 50.0 Å². The summed E-state index contributed by atoms with van der Waals surface area (Å²) in [5.74, 6) is -2.02. The van der Waals surface area contributed by atoms with E-state index in [0.717, 1.165) is 29.8 Å². The number of nitrogens with zero attached hydrogens (tertiary/aromatic N) is 4. The molecule has 1 N–H and O–H groups in total. The monoisotopic (exact) mass is 402 g/mol. The number of aromatic carboxylic acids is 1. The van der Waals surface area contributed by atoms with Crippen LogP contribution in [0.5, 0.6) is 0 Å². The molecule has 0 amide bonds. The Balaban J connectivity index is 1.88. The van der Waals surface area contributed by atoms with E-state index in [1.165, 1.54) is 6.20 Å². The van der Waals surface area contributed by atoms with Crippen LogP contribution in [0.1, 0.15) is 29.2 Å². The number of carboxylic acids is 1. The molecule has 5 aromatic rings. The first-order valence-corrected chi connectivity index (χ1v) is 9.61. The highest BCUT2D eigenvalue weighted by molar-refractivity contribution is 6.11. The van der Waals surface area contributed by atoms with Crippen LogP contribution in [0, 0.1) is 5.82 Å². The van der Waals surface area contributed by atoms with E-state index in [2.05, 4.69) is 4.98 Å². The molecule has 1 fully saturated rings. The minimum atomic E-state index is -1.33. The minimum absolute atomic E-state index is 0.0145. The smallest absolute Gasteiger partial charge is 0.341 e. The van der Waals surface area contributed by atoms with Gasteiger partial charge in [0.15, 0.2) is 11.5 Å². The molecule has 148 valence electrons. The van der Waals surface area contributed by atoms with Crippen LogP contribution >= 0.6 is 0 Å². The molecular formula is C22H15FN4O3. The van der Waals surface area contributed by atoms with Gasteiger partial charge in [0.05, 0.1) is 16.4 Å². The number of benzene rings is 2. The molecule has 1 aliphatic rings. The number of aromatic nitrogens is 4. The average Bonchev–Trinajstić information content (AvgIpc) is 3.54. The van der Waals surface area contributed by atoms with Gasteiger partial charge < -0.3 is 14.2 Å². The van der Waals surface area contributed by atoms with Crippen LogP contribution < -0.4 is 5.43 Å². The van der Waals surface area contributed by atoms with Crippen LogP contribution in [0.3, 0.4) is 0 Å². The predicted octanol–water partition coefficient (Wildman–Crippen LogP) is 3.76. The minimum Gasteiger partial charge on any atom is -0.477 e. The molecule has 0 unspecified atom stereocenters. The second-order valence-corrected chi connectivity index (χ2v) is 7.74. The van der Waals surface area contributed by atoms with Crippen molar-refractivity contribution in [3.05, 3.63) is 58.1 Å². The third-order valence-electron chi connectivity index (χ3n) is 5.88. The second kappa shape index (κ2) is 5.63. The van der Waals surface area contributed by atoms with Crippen LogP contribution in [0.4, 0.5) is 4.39 Å². The predicted molar refractivity (Wildman–Crippen MR) is 110 cm³/mol. The van der Waals surface area contributed by atoms with E-state index >= 15 is 4.39 Å². The molecule has 0 saturated heterocycles. The Hall–Kier alpha value is -3.81. The fraction of sp³-hybridized carbons (Fsp3) is 0.182. The molecule has 3 aromatic heterocycles. The molecule has 30 heavy (non-hydrogen) atoms. The number of halogens is 1. The quantitative estimate of drug-likeness (QED) is 0.454. The number of aryl methyl sites for hydroxylation is 1. The van der Waals surface area contributed by atoms with Crippen molar-refractivity contribution in [3.63, 3.8) is 0 Å². The molecule has 3 heterocycles. The summed E-state index contributed by atoms with van der Waals surface area (Å²) in [7, 11) is 1.85. The molecule has 1 saturated carbocycles. The number of fused-ring (bicyclic) bond motifs is 6. The number of carboxylic acid groups (broad SMARTS) is 1. The second-order valence-electron chi connectivity index (χ2n) is 7.74. The number of rotatable bonds is 2. The van der Waals surface area contributed by atoms with Crippen LogP contribution in [0.15, 0.2) is 41.3 Å². The molecule has 2 aromatic carbocycles. The molecule has 1 aliphatic carbocycles. The van der Waals surface area contributed by atoms with Crippen molar-refractivity contribution in [2.75, 3.05) is 0 Å². The molecule has 0 radical (unpaired) electrons. The summed E-state index contributed by atoms with van der Waals surface area (Å²) in [5, 5.41) is 10.4. The van der Waals surface area contributed by atoms with E-state index in [-0.39, 0.29) is 28.0 Å². The number of carbonyl (C=O) groups is 1. The van der Waals surface area contributed by atoms with Gasteiger partial charge in [-0.05, 0) is 25.0 Å². The van der Waals surface area contributed by atoms with Crippen LogP contribution in [0.25, 0.3) is 44.0 Å². The van der Waals surface area contributed by atoms with Gasteiger partial charge in [0, 0.05) is 24.7 Å². The Morgan fingerprint density at radius 3 is 2.63 bits per heavy atom. The van der Waals surface area contributed by atoms with E-state index in [1.54, 1.807) is 4.57 Å². The molecule has 0 atom stereocenters. The van der Waals surface area contributed by atoms with Gasteiger partial charge in [-0.1, -0.05) is 18.2 Å². The topological polar surface area (TPSA) is 90.0 Å². The first-order chi connectivity index (χ1) is 14.5. The van der Waals surface area contributed by atoms with E-state index in [4.69, 9.17) is 4.98 Å². The highest BCUT2D eigenvalue weighted by atomic mass is 19.1. The van der Waals surface area contributed by atoms with Crippen molar-refractivity contribution in [2.24, 2.45) is 7.05 Å². The lowest BCUT2D eigenvalue weighted by Crippen LogP contribution is -2.19. The third kappa shape index (κ3) is 2.13. The molecule has 6 rings (SSSR count). The number of hydrogen-bond acceptors (Lipinski definition) is 4. The number of para-hydroxylation sites is 1. The van der Waals surface area contributed by atoms with Crippen LogP contribution in [-0.4, -0.2) is 30.2 Å². The summed E-state index contributed by atoms with van der Waals surface area (Å²) in [6.07, 6.45) is 3.08. The van der Waals surface area contributed by atoms with Gasteiger partial charge >= 0.3 is 5.97 Å². The average molecular weight is 402 g/mol. The highest BCUT2D eigenvalue weighted by Gasteiger charge is 2.29. The third-order valence-corrected chi connectivity index (χ3v) is 5.88. The maximum absolute atomic E-state index is 15.1. The van der Waals surface area contributed by atoms with Crippen molar-refractivity contribution in [1.29, 1.82) is 0 Å². The van der Waals surface area contributed by atoms with Gasteiger partial charge in [0.2, 0.25) is 5.43 Å². The van der Waals surface area contributed by atoms with Crippen LogP contribution in [0.2, 0.25) is 0 Å². The Morgan fingerprint density at radius 2 is 1.90 bits per heavy atom. The first kappa shape index (κ1) is 17.1. The molecule has 0 aliphatic heterocycles. The maximum Gasteiger partial charge on any atom is 0.341 e. The summed E-state index contributed by atoms with van der Waals surface area (Å²) in [5.41, 5.74) is 1.77. The lowest BCUT2D eigenvalue weighted by Gasteiger charge is -2.13. The molecular weight excluding hydrogens is 387 g/mol. The standard InChI is InChI=1S/C22H15FN4O3/c1-26-15-5-3-2-4-11(15)16-21(26)25-17-14(23)8-12-19(18(17)24-16)27(10-6-7-10)9-13(20(12)28)22(29)30/h2-5,8-10H,6-7H2,1H3,(H,29,30). The number of hydrogen-bond donors (Lipinski definition) is 1. The van der Waals surface area contributed by atoms with Gasteiger partial charge in [0.1, 0.15) is 22.1 Å². The summed E-state index contributed by atoms with van der Waals surface area (Å²) in [6.45, 7) is 0. The summed E-state index contributed by atoms with van der Waals surface area (Å²) >= 11 is 0. The van der Waals surface area contributed by atoms with Crippen molar-refractivity contribution < 1.29 is 14.3 Å². The largest absolute Gasteiger partial charge is 0.477 e. The zero-order chi connectivity index (χ0) is 20.7. The molecule has 0 bridgehead atoms. The Labute approximate surface area is 168 Å². The molecule has 0 spiro atoms. The van der Waals surface area contributed by atoms with Crippen molar-refractivity contribution in [2.45, 2.75) is 18.9 Å². The summed E-state index contributed by atoms with van der Waals surface area (Å²) in [6, 6.07) is 8.83. The van der Waals surface area contributed by atoms with Gasteiger partial charge in [0.25, 0.3) is 0 Å².